The Kier molecular flexibility index (Phi) is 4.01. The van der Waals surface area contributed by atoms with Gasteiger partial charge in [0.05, 0.1) is 10.7 Å². The lowest BCUT2D eigenvalue weighted by Crippen LogP contribution is -2.33. The molecule has 0 spiro atoms. The fraction of sp³-hybridized carbons (Fsp3) is 0.250. The van der Waals surface area contributed by atoms with E-state index in [1.165, 1.54) is 23.4 Å². The molecule has 25 heavy (non-hydrogen) atoms. The molecule has 1 aromatic carbocycles. The summed E-state index contributed by atoms with van der Waals surface area (Å²) in [7, 11) is 0. The zero-order valence-corrected chi connectivity index (χ0v) is 14.4. The minimum absolute atomic E-state index is 0.0136. The van der Waals surface area contributed by atoms with Crippen molar-refractivity contribution in [3.05, 3.63) is 41.4 Å². The molecule has 4 rings (SSSR count). The summed E-state index contributed by atoms with van der Waals surface area (Å²) in [6, 6.07) is 3.83. The van der Waals surface area contributed by atoms with E-state index in [1.807, 2.05) is 4.90 Å². The summed E-state index contributed by atoms with van der Waals surface area (Å²) in [5.74, 6) is -0.735. The van der Waals surface area contributed by atoms with Crippen LogP contribution in [0.5, 0.6) is 11.8 Å². The molecule has 1 amide bonds. The summed E-state index contributed by atoms with van der Waals surface area (Å²) in [5, 5.41) is 0.349. The van der Waals surface area contributed by atoms with Crippen LogP contribution >= 0.6 is 23.8 Å². The summed E-state index contributed by atoms with van der Waals surface area (Å²) in [6.45, 7) is 0.697. The number of benzene rings is 1. The molecular weight excluding hydrogens is 367 g/mol. The molecule has 2 saturated heterocycles. The number of halogens is 2. The third-order valence-electron chi connectivity index (χ3n) is 4.18. The number of carbonyl (C=O) groups is 1. The van der Waals surface area contributed by atoms with E-state index in [4.69, 9.17) is 28.6 Å². The average Bonchev–Trinajstić information content (AvgIpc) is 3.16. The second kappa shape index (κ2) is 6.20. The van der Waals surface area contributed by atoms with Gasteiger partial charge in [0.1, 0.15) is 11.9 Å². The van der Waals surface area contributed by atoms with Crippen molar-refractivity contribution in [2.75, 3.05) is 11.4 Å². The Morgan fingerprint density at radius 1 is 1.32 bits per heavy atom. The number of nitrogens with zero attached hydrogens (tertiary/aromatic N) is 4. The second-order valence-corrected chi connectivity index (χ2v) is 6.45. The number of aromatic nitrogens is 2. The number of anilines is 1. The van der Waals surface area contributed by atoms with Gasteiger partial charge in [-0.3, -0.25) is 9.69 Å². The number of hydrogen-bond donors (Lipinski definition) is 0. The first-order valence-corrected chi connectivity index (χ1v) is 8.43. The standard InChI is InChI=1S/C16H12ClFN4O2S/c17-9-7-10(18)12(8-13(9)24-15-19-4-2-5-20-15)22-14(23)11-3-1-6-21(11)16(22)25/h2,4-5,7-8,11H,1,3,6H2/t11-/m0/s1. The van der Waals surface area contributed by atoms with Crippen molar-refractivity contribution in [1.29, 1.82) is 0 Å². The SMILES string of the molecule is O=C1[C@@H]2CCCN2C(=S)N1c1cc(Oc2ncccn2)c(Cl)cc1F. The van der Waals surface area contributed by atoms with Crippen molar-refractivity contribution in [1.82, 2.24) is 14.9 Å². The van der Waals surface area contributed by atoms with E-state index in [-0.39, 0.29) is 34.4 Å². The van der Waals surface area contributed by atoms with Gasteiger partial charge < -0.3 is 9.64 Å². The van der Waals surface area contributed by atoms with Crippen molar-refractivity contribution in [2.24, 2.45) is 0 Å². The van der Waals surface area contributed by atoms with E-state index in [0.29, 0.717) is 18.1 Å². The molecule has 1 aromatic heterocycles. The van der Waals surface area contributed by atoms with Gasteiger partial charge in [-0.2, -0.15) is 0 Å². The number of fused-ring (bicyclic) bond motifs is 1. The van der Waals surface area contributed by atoms with Crippen LogP contribution in [0.1, 0.15) is 12.8 Å². The lowest BCUT2D eigenvalue weighted by atomic mass is 10.2. The fourth-order valence-corrected chi connectivity index (χ4v) is 3.65. The third-order valence-corrected chi connectivity index (χ3v) is 4.89. The van der Waals surface area contributed by atoms with Crippen LogP contribution < -0.4 is 9.64 Å². The average molecular weight is 379 g/mol. The van der Waals surface area contributed by atoms with Gasteiger partial charge in [0.2, 0.25) is 0 Å². The summed E-state index contributed by atoms with van der Waals surface area (Å²) in [6.07, 6.45) is 4.63. The van der Waals surface area contributed by atoms with E-state index < -0.39 is 5.82 Å². The number of rotatable bonds is 3. The van der Waals surface area contributed by atoms with Gasteiger partial charge in [0.25, 0.3) is 5.91 Å². The topological polar surface area (TPSA) is 58.6 Å². The molecule has 0 radical (unpaired) electrons. The van der Waals surface area contributed by atoms with Crippen LogP contribution in [-0.2, 0) is 4.79 Å². The van der Waals surface area contributed by atoms with Crippen LogP contribution in [-0.4, -0.2) is 38.5 Å². The first-order valence-electron chi connectivity index (χ1n) is 7.65. The Balaban J connectivity index is 1.72. The number of thiocarbonyl (C=S) groups is 1. The normalized spacial score (nSPS) is 19.5. The molecule has 1 atom stereocenters. The highest BCUT2D eigenvalue weighted by Gasteiger charge is 2.46. The molecule has 0 bridgehead atoms. The van der Waals surface area contributed by atoms with Gasteiger partial charge in [-0.05, 0) is 37.2 Å². The van der Waals surface area contributed by atoms with E-state index in [2.05, 4.69) is 9.97 Å². The molecule has 0 N–H and O–H groups in total. The van der Waals surface area contributed by atoms with Crippen LogP contribution in [0.25, 0.3) is 0 Å². The van der Waals surface area contributed by atoms with Crippen molar-refractivity contribution < 1.29 is 13.9 Å². The molecule has 3 heterocycles. The maximum atomic E-state index is 14.5. The maximum Gasteiger partial charge on any atom is 0.321 e. The molecule has 9 heteroatoms. The van der Waals surface area contributed by atoms with Gasteiger partial charge >= 0.3 is 6.01 Å². The van der Waals surface area contributed by atoms with Gasteiger partial charge in [0.15, 0.2) is 10.9 Å². The van der Waals surface area contributed by atoms with Crippen molar-refractivity contribution in [3.8, 4) is 11.8 Å². The number of amides is 1. The Hall–Kier alpha value is -2.32. The van der Waals surface area contributed by atoms with Gasteiger partial charge in [0, 0.05) is 25.0 Å². The molecule has 2 aliphatic heterocycles. The van der Waals surface area contributed by atoms with Gasteiger partial charge in [-0.25, -0.2) is 14.4 Å². The lowest BCUT2D eigenvalue weighted by molar-refractivity contribution is -0.119. The predicted molar refractivity (Wildman–Crippen MR) is 93.3 cm³/mol. The Labute approximate surface area is 153 Å². The first kappa shape index (κ1) is 16.2. The van der Waals surface area contributed by atoms with Crippen LogP contribution in [0.2, 0.25) is 5.02 Å². The summed E-state index contributed by atoms with van der Waals surface area (Å²) < 4.78 is 20.0. The smallest absolute Gasteiger partial charge is 0.321 e. The van der Waals surface area contributed by atoms with E-state index in [1.54, 1.807) is 6.07 Å². The van der Waals surface area contributed by atoms with E-state index in [9.17, 15) is 9.18 Å². The summed E-state index contributed by atoms with van der Waals surface area (Å²) >= 11 is 11.4. The van der Waals surface area contributed by atoms with Crippen LogP contribution in [0.3, 0.4) is 0 Å². The molecule has 2 fully saturated rings. The minimum atomic E-state index is -0.650. The third kappa shape index (κ3) is 2.71. The Morgan fingerprint density at radius 3 is 2.80 bits per heavy atom. The zero-order valence-electron chi connectivity index (χ0n) is 12.9. The maximum absolute atomic E-state index is 14.5. The van der Waals surface area contributed by atoms with E-state index >= 15 is 0 Å². The molecule has 0 unspecified atom stereocenters. The van der Waals surface area contributed by atoms with Crippen LogP contribution in [0.4, 0.5) is 10.1 Å². The Morgan fingerprint density at radius 2 is 2.08 bits per heavy atom. The highest BCUT2D eigenvalue weighted by atomic mass is 35.5. The number of hydrogen-bond acceptors (Lipinski definition) is 5. The number of carbonyl (C=O) groups excluding carboxylic acids is 1. The molecular formula is C16H12ClFN4O2S. The zero-order chi connectivity index (χ0) is 17.6. The fourth-order valence-electron chi connectivity index (χ4n) is 3.05. The highest BCUT2D eigenvalue weighted by Crippen LogP contribution is 2.38. The molecule has 2 aliphatic rings. The molecule has 0 saturated carbocycles. The number of ether oxygens (including phenoxy) is 1. The van der Waals surface area contributed by atoms with Crippen molar-refractivity contribution >= 4 is 40.5 Å². The molecule has 0 aliphatic carbocycles. The van der Waals surface area contributed by atoms with Gasteiger partial charge in [-0.1, -0.05) is 11.6 Å². The quantitative estimate of drug-likeness (QED) is 0.765. The highest BCUT2D eigenvalue weighted by molar-refractivity contribution is 7.80. The van der Waals surface area contributed by atoms with Crippen LogP contribution in [0.15, 0.2) is 30.6 Å². The minimum Gasteiger partial charge on any atom is -0.423 e. The van der Waals surface area contributed by atoms with Crippen molar-refractivity contribution in [2.45, 2.75) is 18.9 Å². The summed E-state index contributed by atoms with van der Waals surface area (Å²) in [4.78, 5) is 23.6. The molecule has 6 nitrogen and oxygen atoms in total. The monoisotopic (exact) mass is 378 g/mol. The summed E-state index contributed by atoms with van der Waals surface area (Å²) in [5.41, 5.74) is 0.0136. The largest absolute Gasteiger partial charge is 0.423 e. The first-order chi connectivity index (χ1) is 12.1. The Bertz CT molecular complexity index is 845. The molecule has 128 valence electrons. The van der Waals surface area contributed by atoms with Crippen molar-refractivity contribution in [3.63, 3.8) is 0 Å². The molecule has 2 aromatic rings. The van der Waals surface area contributed by atoms with Gasteiger partial charge in [-0.15, -0.1) is 0 Å². The van der Waals surface area contributed by atoms with Crippen LogP contribution in [0, 0.1) is 5.82 Å². The second-order valence-electron chi connectivity index (χ2n) is 5.68. The lowest BCUT2D eigenvalue weighted by Gasteiger charge is -2.20. The predicted octanol–water partition coefficient (Wildman–Crippen LogP) is 3.16. The van der Waals surface area contributed by atoms with E-state index in [0.717, 1.165) is 12.5 Å².